The lowest BCUT2D eigenvalue weighted by Gasteiger charge is -2.15. The van der Waals surface area contributed by atoms with Crippen LogP contribution in [0.3, 0.4) is 0 Å². The molecule has 1 aromatic carbocycles. The highest BCUT2D eigenvalue weighted by atomic mass is 16.5. The molecule has 0 saturated carbocycles. The van der Waals surface area contributed by atoms with E-state index in [-0.39, 0.29) is 12.5 Å². The summed E-state index contributed by atoms with van der Waals surface area (Å²) in [5, 5.41) is 2.56. The van der Waals surface area contributed by atoms with Gasteiger partial charge in [0.1, 0.15) is 18.4 Å². The molecular weight excluding hydrogens is 260 g/mol. The summed E-state index contributed by atoms with van der Waals surface area (Å²) in [5.41, 5.74) is 6.18. The van der Waals surface area contributed by atoms with Crippen LogP contribution in [-0.2, 0) is 20.7 Å². The third-order valence-electron chi connectivity index (χ3n) is 2.71. The van der Waals surface area contributed by atoms with Crippen molar-refractivity contribution in [2.75, 3.05) is 20.3 Å². The Morgan fingerprint density at radius 1 is 1.30 bits per heavy atom. The number of hydrogen-bond acceptors (Lipinski definition) is 4. The number of ether oxygens (including phenoxy) is 2. The molecule has 0 aromatic heterocycles. The van der Waals surface area contributed by atoms with Crippen molar-refractivity contribution in [2.24, 2.45) is 5.73 Å². The molecule has 0 aliphatic carbocycles. The summed E-state index contributed by atoms with van der Waals surface area (Å²) in [6.45, 7) is 2.15. The van der Waals surface area contributed by atoms with E-state index in [0.717, 1.165) is 11.3 Å². The Hall–Kier alpha value is -2.08. The third kappa shape index (κ3) is 5.27. The van der Waals surface area contributed by atoms with Crippen LogP contribution in [0.4, 0.5) is 0 Å². The number of hydrogen-bond donors (Lipinski definition) is 2. The second kappa shape index (κ2) is 8.16. The molecule has 6 heteroatoms. The van der Waals surface area contributed by atoms with Gasteiger partial charge in [-0.1, -0.05) is 12.1 Å². The molecule has 0 spiro atoms. The topological polar surface area (TPSA) is 90.7 Å². The molecule has 6 nitrogen and oxygen atoms in total. The van der Waals surface area contributed by atoms with Gasteiger partial charge in [-0.05, 0) is 24.6 Å². The summed E-state index contributed by atoms with van der Waals surface area (Å²) in [4.78, 5) is 22.9. The summed E-state index contributed by atoms with van der Waals surface area (Å²) < 4.78 is 10.0. The van der Waals surface area contributed by atoms with Gasteiger partial charge < -0.3 is 20.5 Å². The minimum atomic E-state index is -0.753. The minimum absolute atomic E-state index is 0.0805. The van der Waals surface area contributed by atoms with Gasteiger partial charge in [0, 0.05) is 13.0 Å². The molecule has 110 valence electrons. The lowest BCUT2D eigenvalue weighted by atomic mass is 10.1. The number of benzene rings is 1. The monoisotopic (exact) mass is 280 g/mol. The standard InChI is InChI=1S/C14H20N2O4/c1-3-20-9-13(17)16-12(14(15)18)8-10-4-6-11(19-2)7-5-10/h4-7,12H,3,8-9H2,1-2H3,(H2,15,18)(H,16,17)/t12-/m0/s1. The zero-order valence-electron chi connectivity index (χ0n) is 11.7. The zero-order chi connectivity index (χ0) is 15.0. The number of carbonyl (C=O) groups excluding carboxylic acids is 2. The molecule has 0 bridgehead atoms. The van der Waals surface area contributed by atoms with Crippen LogP contribution in [0.2, 0.25) is 0 Å². The number of carbonyl (C=O) groups is 2. The second-order valence-corrected chi connectivity index (χ2v) is 4.21. The molecule has 0 unspecified atom stereocenters. The Labute approximate surface area is 118 Å². The van der Waals surface area contributed by atoms with Gasteiger partial charge >= 0.3 is 0 Å². The van der Waals surface area contributed by atoms with E-state index >= 15 is 0 Å². The molecule has 1 atom stereocenters. The SMILES string of the molecule is CCOCC(=O)N[C@@H](Cc1ccc(OC)cc1)C(N)=O. The lowest BCUT2D eigenvalue weighted by Crippen LogP contribution is -2.47. The molecule has 0 saturated heterocycles. The first-order valence-corrected chi connectivity index (χ1v) is 6.36. The van der Waals surface area contributed by atoms with Crippen molar-refractivity contribution in [1.29, 1.82) is 0 Å². The van der Waals surface area contributed by atoms with E-state index in [1.807, 2.05) is 12.1 Å². The van der Waals surface area contributed by atoms with Gasteiger partial charge in [-0.15, -0.1) is 0 Å². The molecule has 0 radical (unpaired) electrons. The van der Waals surface area contributed by atoms with Gasteiger partial charge in [-0.2, -0.15) is 0 Å². The van der Waals surface area contributed by atoms with Crippen LogP contribution < -0.4 is 15.8 Å². The van der Waals surface area contributed by atoms with Gasteiger partial charge in [0.2, 0.25) is 11.8 Å². The van der Waals surface area contributed by atoms with Crippen LogP contribution >= 0.6 is 0 Å². The summed E-state index contributed by atoms with van der Waals surface area (Å²) in [7, 11) is 1.58. The molecular formula is C14H20N2O4. The van der Waals surface area contributed by atoms with Crippen molar-refractivity contribution in [3.63, 3.8) is 0 Å². The molecule has 3 N–H and O–H groups in total. The Balaban J connectivity index is 2.62. The van der Waals surface area contributed by atoms with E-state index < -0.39 is 11.9 Å². The van der Waals surface area contributed by atoms with Crippen molar-refractivity contribution in [1.82, 2.24) is 5.32 Å². The van der Waals surface area contributed by atoms with Crippen molar-refractivity contribution in [2.45, 2.75) is 19.4 Å². The highest BCUT2D eigenvalue weighted by Crippen LogP contribution is 2.12. The first-order valence-electron chi connectivity index (χ1n) is 6.36. The maximum atomic E-state index is 11.5. The highest BCUT2D eigenvalue weighted by Gasteiger charge is 2.18. The van der Waals surface area contributed by atoms with Crippen LogP contribution in [0.25, 0.3) is 0 Å². The molecule has 0 aliphatic heterocycles. The van der Waals surface area contributed by atoms with Gasteiger partial charge in [-0.25, -0.2) is 0 Å². The number of rotatable bonds is 8. The quantitative estimate of drug-likeness (QED) is 0.714. The molecule has 0 aliphatic rings. The molecule has 1 aromatic rings. The van der Waals surface area contributed by atoms with Gasteiger partial charge in [0.25, 0.3) is 0 Å². The normalized spacial score (nSPS) is 11.7. The average Bonchev–Trinajstić information content (AvgIpc) is 2.45. The smallest absolute Gasteiger partial charge is 0.246 e. The largest absolute Gasteiger partial charge is 0.497 e. The molecule has 0 fully saturated rings. The Morgan fingerprint density at radius 3 is 2.45 bits per heavy atom. The summed E-state index contributed by atoms with van der Waals surface area (Å²) in [6.07, 6.45) is 0.331. The predicted molar refractivity (Wildman–Crippen MR) is 74.3 cm³/mol. The van der Waals surface area contributed by atoms with Gasteiger partial charge in [-0.3, -0.25) is 9.59 Å². The number of methoxy groups -OCH3 is 1. The molecule has 0 heterocycles. The summed E-state index contributed by atoms with van der Waals surface area (Å²) in [5.74, 6) is -0.209. The fourth-order valence-corrected chi connectivity index (χ4v) is 1.65. The van der Waals surface area contributed by atoms with Crippen LogP contribution in [0, 0.1) is 0 Å². The fourth-order valence-electron chi connectivity index (χ4n) is 1.65. The third-order valence-corrected chi connectivity index (χ3v) is 2.71. The van der Waals surface area contributed by atoms with Crippen LogP contribution in [0.1, 0.15) is 12.5 Å². The first kappa shape index (κ1) is 16.0. The molecule has 2 amide bonds. The van der Waals surface area contributed by atoms with E-state index in [1.54, 1.807) is 26.2 Å². The average molecular weight is 280 g/mol. The van der Waals surface area contributed by atoms with E-state index in [1.165, 1.54) is 0 Å². The highest BCUT2D eigenvalue weighted by molar-refractivity contribution is 5.87. The Morgan fingerprint density at radius 2 is 1.95 bits per heavy atom. The molecule has 1 rings (SSSR count). The van der Waals surface area contributed by atoms with Crippen molar-refractivity contribution in [3.05, 3.63) is 29.8 Å². The maximum Gasteiger partial charge on any atom is 0.246 e. The Bertz CT molecular complexity index is 445. The van der Waals surface area contributed by atoms with Gasteiger partial charge in [0.05, 0.1) is 7.11 Å². The number of primary amides is 1. The number of nitrogens with one attached hydrogen (secondary N) is 1. The summed E-state index contributed by atoms with van der Waals surface area (Å²) in [6, 6.07) is 6.47. The van der Waals surface area contributed by atoms with E-state index in [0.29, 0.717) is 13.0 Å². The van der Waals surface area contributed by atoms with E-state index in [2.05, 4.69) is 5.32 Å². The van der Waals surface area contributed by atoms with E-state index in [9.17, 15) is 9.59 Å². The number of amides is 2. The minimum Gasteiger partial charge on any atom is -0.497 e. The van der Waals surface area contributed by atoms with Crippen LogP contribution in [-0.4, -0.2) is 38.2 Å². The molecule has 20 heavy (non-hydrogen) atoms. The van der Waals surface area contributed by atoms with Crippen molar-refractivity contribution in [3.8, 4) is 5.75 Å². The fraction of sp³-hybridized carbons (Fsp3) is 0.429. The number of nitrogens with two attached hydrogens (primary N) is 1. The first-order chi connectivity index (χ1) is 9.56. The summed E-state index contributed by atoms with van der Waals surface area (Å²) >= 11 is 0. The van der Waals surface area contributed by atoms with Crippen LogP contribution in [0.5, 0.6) is 5.75 Å². The van der Waals surface area contributed by atoms with Gasteiger partial charge in [0.15, 0.2) is 0 Å². The van der Waals surface area contributed by atoms with E-state index in [4.69, 9.17) is 15.2 Å². The zero-order valence-corrected chi connectivity index (χ0v) is 11.7. The Kier molecular flexibility index (Phi) is 6.52. The van der Waals surface area contributed by atoms with Crippen LogP contribution in [0.15, 0.2) is 24.3 Å². The van der Waals surface area contributed by atoms with Crippen molar-refractivity contribution < 1.29 is 19.1 Å². The maximum absolute atomic E-state index is 11.5. The van der Waals surface area contributed by atoms with Crippen molar-refractivity contribution >= 4 is 11.8 Å². The lowest BCUT2D eigenvalue weighted by molar-refractivity contribution is -0.130. The predicted octanol–water partition coefficient (Wildman–Crippen LogP) is 0.244. The second-order valence-electron chi connectivity index (χ2n) is 4.21.